The number of benzene rings is 1. The maximum atomic E-state index is 3.74. The van der Waals surface area contributed by atoms with E-state index in [-0.39, 0.29) is 0 Å². The van der Waals surface area contributed by atoms with Crippen LogP contribution in [0.2, 0.25) is 0 Å². The summed E-state index contributed by atoms with van der Waals surface area (Å²) < 4.78 is 0. The van der Waals surface area contributed by atoms with Gasteiger partial charge in [0.1, 0.15) is 0 Å². The van der Waals surface area contributed by atoms with Crippen LogP contribution in [0.25, 0.3) is 0 Å². The minimum absolute atomic E-state index is 0.700. The van der Waals surface area contributed by atoms with Crippen molar-refractivity contribution in [2.24, 2.45) is 0 Å². The molecule has 18 heavy (non-hydrogen) atoms. The summed E-state index contributed by atoms with van der Waals surface area (Å²) in [5, 5.41) is 3.74. The predicted molar refractivity (Wildman–Crippen MR) is 75.8 cm³/mol. The minimum atomic E-state index is 0.700. The van der Waals surface area contributed by atoms with Crippen molar-refractivity contribution in [1.29, 1.82) is 0 Å². The van der Waals surface area contributed by atoms with E-state index in [0.29, 0.717) is 6.04 Å². The van der Waals surface area contributed by atoms with Crippen LogP contribution in [0.4, 0.5) is 0 Å². The molecule has 1 heterocycles. The van der Waals surface area contributed by atoms with Crippen LogP contribution in [-0.4, -0.2) is 30.1 Å². The minimum Gasteiger partial charge on any atom is -0.309 e. The number of rotatable bonds is 4. The third-order valence-electron chi connectivity index (χ3n) is 4.58. The lowest BCUT2D eigenvalue weighted by atomic mass is 10.0. The van der Waals surface area contributed by atoms with E-state index >= 15 is 0 Å². The second-order valence-corrected chi connectivity index (χ2v) is 5.95. The quantitative estimate of drug-likeness (QED) is 0.876. The molecule has 2 aliphatic rings. The van der Waals surface area contributed by atoms with Gasteiger partial charge in [0.15, 0.2) is 0 Å². The smallest absolute Gasteiger partial charge is 0.0211 e. The van der Waals surface area contributed by atoms with Crippen molar-refractivity contribution >= 4 is 0 Å². The fraction of sp³-hybridized carbons (Fsp3) is 0.625. The van der Waals surface area contributed by atoms with Crippen LogP contribution in [-0.2, 0) is 6.54 Å². The number of nitrogens with one attached hydrogen (secondary N) is 1. The first-order valence-electron chi connectivity index (χ1n) is 7.26. The number of aryl methyl sites for hydroxylation is 1. The topological polar surface area (TPSA) is 15.3 Å². The largest absolute Gasteiger partial charge is 0.309 e. The monoisotopic (exact) mass is 244 g/mol. The Bertz CT molecular complexity index is 423. The molecule has 1 aliphatic heterocycles. The Labute approximate surface area is 110 Å². The summed E-state index contributed by atoms with van der Waals surface area (Å²) in [6.07, 6.45) is 4.19. The predicted octanol–water partition coefficient (Wildman–Crippen LogP) is 2.63. The Morgan fingerprint density at radius 2 is 2.06 bits per heavy atom. The van der Waals surface area contributed by atoms with Gasteiger partial charge in [0.05, 0.1) is 0 Å². The van der Waals surface area contributed by atoms with E-state index in [9.17, 15) is 0 Å². The average Bonchev–Trinajstić information content (AvgIpc) is 3.11. The summed E-state index contributed by atoms with van der Waals surface area (Å²) >= 11 is 0. The van der Waals surface area contributed by atoms with Crippen LogP contribution in [0.5, 0.6) is 0 Å². The van der Waals surface area contributed by atoms with Gasteiger partial charge in [-0.2, -0.15) is 0 Å². The molecule has 1 atom stereocenters. The molecule has 1 aromatic carbocycles. The zero-order valence-electron chi connectivity index (χ0n) is 11.6. The molecule has 0 radical (unpaired) electrons. The average molecular weight is 244 g/mol. The van der Waals surface area contributed by atoms with Crippen LogP contribution in [0.15, 0.2) is 18.2 Å². The number of likely N-dealkylation sites (tertiary alicyclic amines) is 1. The zero-order valence-corrected chi connectivity index (χ0v) is 11.6. The molecule has 1 aromatic rings. The van der Waals surface area contributed by atoms with Gasteiger partial charge in [-0.05, 0) is 49.8 Å². The van der Waals surface area contributed by atoms with Crippen molar-refractivity contribution < 1.29 is 0 Å². The maximum absolute atomic E-state index is 3.74. The van der Waals surface area contributed by atoms with Gasteiger partial charge in [-0.25, -0.2) is 0 Å². The number of hydrogen-bond acceptors (Lipinski definition) is 2. The van der Waals surface area contributed by atoms with Gasteiger partial charge in [-0.3, -0.25) is 4.90 Å². The van der Waals surface area contributed by atoms with Gasteiger partial charge in [-0.1, -0.05) is 18.2 Å². The molecule has 1 saturated heterocycles. The van der Waals surface area contributed by atoms with Crippen LogP contribution in [0.3, 0.4) is 0 Å². The summed E-state index contributed by atoms with van der Waals surface area (Å²) in [6.45, 7) is 8.02. The van der Waals surface area contributed by atoms with Crippen LogP contribution in [0, 0.1) is 13.8 Å². The molecule has 1 N–H and O–H groups in total. The molecule has 1 aliphatic carbocycles. The van der Waals surface area contributed by atoms with E-state index in [1.807, 2.05) is 0 Å². The van der Waals surface area contributed by atoms with E-state index in [4.69, 9.17) is 0 Å². The fourth-order valence-electron chi connectivity index (χ4n) is 2.98. The lowest BCUT2D eigenvalue weighted by Crippen LogP contribution is -2.33. The summed E-state index contributed by atoms with van der Waals surface area (Å²) in [5.41, 5.74) is 4.31. The molecule has 0 amide bonds. The molecule has 2 nitrogen and oxygen atoms in total. The zero-order chi connectivity index (χ0) is 12.5. The molecular weight excluding hydrogens is 220 g/mol. The standard InChI is InChI=1S/C16H24N2/c1-12-4-3-5-14(13(12)2)10-17-15-8-9-18(11-15)16-6-7-16/h3-5,15-17H,6-11H2,1-2H3. The van der Waals surface area contributed by atoms with Crippen molar-refractivity contribution in [3.8, 4) is 0 Å². The van der Waals surface area contributed by atoms with Gasteiger partial charge in [0.25, 0.3) is 0 Å². The van der Waals surface area contributed by atoms with Gasteiger partial charge in [-0.15, -0.1) is 0 Å². The van der Waals surface area contributed by atoms with Gasteiger partial charge >= 0.3 is 0 Å². The van der Waals surface area contributed by atoms with Crippen molar-refractivity contribution in [3.63, 3.8) is 0 Å². The third kappa shape index (κ3) is 2.60. The van der Waals surface area contributed by atoms with Crippen molar-refractivity contribution in [1.82, 2.24) is 10.2 Å². The number of hydrogen-bond donors (Lipinski definition) is 1. The molecular formula is C16H24N2. The van der Waals surface area contributed by atoms with Crippen LogP contribution >= 0.6 is 0 Å². The third-order valence-corrected chi connectivity index (χ3v) is 4.58. The molecule has 1 saturated carbocycles. The Hall–Kier alpha value is -0.860. The molecule has 2 heteroatoms. The van der Waals surface area contributed by atoms with Gasteiger partial charge in [0, 0.05) is 31.7 Å². The highest BCUT2D eigenvalue weighted by Gasteiger charge is 2.33. The second-order valence-electron chi connectivity index (χ2n) is 5.95. The Morgan fingerprint density at radius 1 is 1.22 bits per heavy atom. The normalized spacial score (nSPS) is 24.7. The SMILES string of the molecule is Cc1cccc(CNC2CCN(C3CC3)C2)c1C. The van der Waals surface area contributed by atoms with E-state index in [1.165, 1.54) is 49.0 Å². The first kappa shape index (κ1) is 12.2. The fourth-order valence-corrected chi connectivity index (χ4v) is 2.98. The lowest BCUT2D eigenvalue weighted by Gasteiger charge is -2.17. The van der Waals surface area contributed by atoms with Crippen molar-refractivity contribution in [2.45, 2.75) is 51.7 Å². The molecule has 98 valence electrons. The first-order valence-corrected chi connectivity index (χ1v) is 7.26. The summed E-state index contributed by atoms with van der Waals surface area (Å²) in [4.78, 5) is 2.67. The molecule has 0 spiro atoms. The summed E-state index contributed by atoms with van der Waals surface area (Å²) in [7, 11) is 0. The van der Waals surface area contributed by atoms with Crippen LogP contribution < -0.4 is 5.32 Å². The second kappa shape index (κ2) is 5.02. The Kier molecular flexibility index (Phi) is 3.40. The highest BCUT2D eigenvalue weighted by molar-refractivity contribution is 5.33. The molecule has 0 bridgehead atoms. The lowest BCUT2D eigenvalue weighted by molar-refractivity contribution is 0.317. The maximum Gasteiger partial charge on any atom is 0.0211 e. The van der Waals surface area contributed by atoms with E-state index in [0.717, 1.165) is 12.6 Å². The molecule has 2 fully saturated rings. The molecule has 3 rings (SSSR count). The van der Waals surface area contributed by atoms with E-state index in [1.54, 1.807) is 0 Å². The Morgan fingerprint density at radius 3 is 2.83 bits per heavy atom. The summed E-state index contributed by atoms with van der Waals surface area (Å²) in [5.74, 6) is 0. The highest BCUT2D eigenvalue weighted by atomic mass is 15.2. The Balaban J connectivity index is 1.53. The van der Waals surface area contributed by atoms with Crippen molar-refractivity contribution in [2.75, 3.05) is 13.1 Å². The van der Waals surface area contributed by atoms with Crippen molar-refractivity contribution in [3.05, 3.63) is 34.9 Å². The van der Waals surface area contributed by atoms with E-state index < -0.39 is 0 Å². The first-order chi connectivity index (χ1) is 8.74. The van der Waals surface area contributed by atoms with Gasteiger partial charge in [0.2, 0.25) is 0 Å². The highest BCUT2D eigenvalue weighted by Crippen LogP contribution is 2.29. The number of nitrogens with zero attached hydrogens (tertiary/aromatic N) is 1. The van der Waals surface area contributed by atoms with Crippen LogP contribution in [0.1, 0.15) is 36.0 Å². The summed E-state index contributed by atoms with van der Waals surface area (Å²) in [6, 6.07) is 8.25. The molecule has 0 aromatic heterocycles. The van der Waals surface area contributed by atoms with Gasteiger partial charge < -0.3 is 5.32 Å². The van der Waals surface area contributed by atoms with E-state index in [2.05, 4.69) is 42.3 Å². The molecule has 1 unspecified atom stereocenters.